The summed E-state index contributed by atoms with van der Waals surface area (Å²) in [5.41, 5.74) is 16.4. The zero-order valence-electron chi connectivity index (χ0n) is 39.6. The molecule has 0 aliphatic heterocycles. The zero-order chi connectivity index (χ0) is 47.3. The molecule has 334 valence electrons. The maximum absolute atomic E-state index is 2.45. The van der Waals surface area contributed by atoms with Gasteiger partial charge in [-0.05, 0) is 160 Å². The van der Waals surface area contributed by atoms with E-state index in [0.717, 1.165) is 6.42 Å². The zero-order valence-corrected chi connectivity index (χ0v) is 39.6. The van der Waals surface area contributed by atoms with E-state index in [9.17, 15) is 0 Å². The molecule has 0 fully saturated rings. The third kappa shape index (κ3) is 6.46. The first-order valence-electron chi connectivity index (χ1n) is 25.3. The first-order chi connectivity index (χ1) is 35.7. The molecule has 14 aromatic rings. The maximum Gasteiger partial charge on any atom is 0.00622 e. The molecule has 0 bridgehead atoms. The molecule has 1 unspecified atom stereocenters. The molecular weight excluding hydrogens is 865 g/mol. The standard InChI is InChI=1S/C72H46/c1-2-8-47(9-3-1)61-36-28-53-33-41-66-62(37-29-54-32-40-65(61)69(53)70(54)66)50-20-16-45(17-21-50)57-12-6-13-58(44-57)46-18-22-51(23-19-46)63-38-30-55-35-43-68-64(39-31-56-34-42-67(63)71(55)72(56)68)52-26-24-49(25-27-52)60-15-7-11-48-10-4-5-14-59(48)60/h1-24,26-44,49H,25H2. The van der Waals surface area contributed by atoms with Crippen LogP contribution in [-0.2, 0) is 0 Å². The molecule has 0 spiro atoms. The van der Waals surface area contributed by atoms with Gasteiger partial charge < -0.3 is 0 Å². The topological polar surface area (TPSA) is 0 Å². The van der Waals surface area contributed by atoms with E-state index in [1.165, 1.54) is 148 Å². The predicted molar refractivity (Wildman–Crippen MR) is 309 cm³/mol. The van der Waals surface area contributed by atoms with Crippen LogP contribution in [0.1, 0.15) is 23.5 Å². The first-order valence-corrected chi connectivity index (χ1v) is 25.3. The Bertz CT molecular complexity index is 4490. The Balaban J connectivity index is 0.720. The van der Waals surface area contributed by atoms with Crippen molar-refractivity contribution >= 4 is 81.0 Å². The lowest BCUT2D eigenvalue weighted by molar-refractivity contribution is 0.865. The van der Waals surface area contributed by atoms with Crippen LogP contribution in [0.3, 0.4) is 0 Å². The van der Waals surface area contributed by atoms with Gasteiger partial charge >= 0.3 is 0 Å². The quantitative estimate of drug-likeness (QED) is 0.140. The summed E-state index contributed by atoms with van der Waals surface area (Å²) in [5.74, 6) is 0.365. The fourth-order valence-electron chi connectivity index (χ4n) is 12.4. The molecule has 0 aromatic heterocycles. The van der Waals surface area contributed by atoms with Gasteiger partial charge in [0.2, 0.25) is 0 Å². The van der Waals surface area contributed by atoms with Crippen molar-refractivity contribution in [3.63, 3.8) is 0 Å². The van der Waals surface area contributed by atoms with Gasteiger partial charge in [-0.1, -0.05) is 255 Å². The van der Waals surface area contributed by atoms with Crippen LogP contribution in [0.2, 0.25) is 0 Å². The monoisotopic (exact) mass is 910 g/mol. The average Bonchev–Trinajstić information content (AvgIpc) is 3.46. The van der Waals surface area contributed by atoms with Crippen molar-refractivity contribution in [3.05, 3.63) is 272 Å². The van der Waals surface area contributed by atoms with Crippen molar-refractivity contribution in [1.29, 1.82) is 0 Å². The summed E-state index contributed by atoms with van der Waals surface area (Å²) >= 11 is 0. The lowest BCUT2D eigenvalue weighted by Gasteiger charge is -2.21. The number of hydrogen-bond donors (Lipinski definition) is 0. The van der Waals surface area contributed by atoms with Crippen molar-refractivity contribution in [3.8, 4) is 55.6 Å². The molecule has 0 heterocycles. The molecule has 0 amide bonds. The van der Waals surface area contributed by atoms with E-state index in [1.54, 1.807) is 0 Å². The van der Waals surface area contributed by atoms with Crippen molar-refractivity contribution < 1.29 is 0 Å². The van der Waals surface area contributed by atoms with Crippen LogP contribution >= 0.6 is 0 Å². The minimum atomic E-state index is 0.365. The van der Waals surface area contributed by atoms with E-state index in [0.29, 0.717) is 5.92 Å². The third-order valence-electron chi connectivity index (χ3n) is 16.0. The van der Waals surface area contributed by atoms with Gasteiger partial charge in [-0.2, -0.15) is 0 Å². The molecule has 0 saturated heterocycles. The summed E-state index contributed by atoms with van der Waals surface area (Å²) < 4.78 is 0. The number of allylic oxidation sites excluding steroid dienone is 4. The van der Waals surface area contributed by atoms with E-state index in [2.05, 4.69) is 261 Å². The van der Waals surface area contributed by atoms with Crippen LogP contribution in [0.15, 0.2) is 261 Å². The van der Waals surface area contributed by atoms with Gasteiger partial charge in [0.05, 0.1) is 0 Å². The van der Waals surface area contributed by atoms with Crippen molar-refractivity contribution in [2.75, 3.05) is 0 Å². The van der Waals surface area contributed by atoms with Gasteiger partial charge in [-0.15, -0.1) is 0 Å². The Morgan fingerprint density at radius 1 is 0.264 bits per heavy atom. The summed E-state index contributed by atoms with van der Waals surface area (Å²) in [6, 6.07) is 90.5. The van der Waals surface area contributed by atoms with Crippen LogP contribution in [0.5, 0.6) is 0 Å². The number of hydrogen-bond acceptors (Lipinski definition) is 0. The molecule has 1 aliphatic carbocycles. The molecule has 72 heavy (non-hydrogen) atoms. The largest absolute Gasteiger partial charge is 0.0761 e. The third-order valence-corrected chi connectivity index (χ3v) is 16.0. The van der Waals surface area contributed by atoms with Crippen molar-refractivity contribution in [1.82, 2.24) is 0 Å². The summed E-state index contributed by atoms with van der Waals surface area (Å²) in [4.78, 5) is 0. The fourth-order valence-corrected chi connectivity index (χ4v) is 12.4. The highest BCUT2D eigenvalue weighted by molar-refractivity contribution is 6.28. The second-order valence-corrected chi connectivity index (χ2v) is 19.8. The molecule has 0 saturated carbocycles. The average molecular weight is 911 g/mol. The Morgan fingerprint density at radius 3 is 1.18 bits per heavy atom. The maximum atomic E-state index is 2.45. The lowest BCUT2D eigenvalue weighted by Crippen LogP contribution is -2.00. The molecule has 1 atom stereocenters. The van der Waals surface area contributed by atoms with Gasteiger partial charge in [0.25, 0.3) is 0 Å². The van der Waals surface area contributed by atoms with Crippen molar-refractivity contribution in [2.24, 2.45) is 0 Å². The molecule has 14 aromatic carbocycles. The molecule has 15 rings (SSSR count). The second kappa shape index (κ2) is 16.2. The Labute approximate surface area is 418 Å². The van der Waals surface area contributed by atoms with E-state index in [-0.39, 0.29) is 0 Å². The first kappa shape index (κ1) is 40.8. The Hall–Kier alpha value is -9.10. The van der Waals surface area contributed by atoms with Crippen LogP contribution in [0, 0.1) is 0 Å². The second-order valence-electron chi connectivity index (χ2n) is 19.8. The normalized spacial score (nSPS) is 13.9. The molecular formula is C72H46. The van der Waals surface area contributed by atoms with Gasteiger partial charge in [0.1, 0.15) is 0 Å². The Morgan fingerprint density at radius 2 is 0.667 bits per heavy atom. The highest BCUT2D eigenvalue weighted by Gasteiger charge is 2.20. The molecule has 0 radical (unpaired) electrons. The number of rotatable bonds is 7. The van der Waals surface area contributed by atoms with Gasteiger partial charge in [-0.3, -0.25) is 0 Å². The van der Waals surface area contributed by atoms with Crippen LogP contribution < -0.4 is 0 Å². The van der Waals surface area contributed by atoms with E-state index in [1.807, 2.05) is 0 Å². The van der Waals surface area contributed by atoms with Crippen LogP contribution in [0.25, 0.3) is 137 Å². The molecule has 0 nitrogen and oxygen atoms in total. The molecule has 1 aliphatic rings. The van der Waals surface area contributed by atoms with E-state index >= 15 is 0 Å². The van der Waals surface area contributed by atoms with Crippen LogP contribution in [0.4, 0.5) is 0 Å². The number of fused-ring (bicyclic) bond motifs is 1. The van der Waals surface area contributed by atoms with Crippen LogP contribution in [-0.4, -0.2) is 0 Å². The van der Waals surface area contributed by atoms with Gasteiger partial charge in [0, 0.05) is 5.92 Å². The minimum Gasteiger partial charge on any atom is -0.0761 e. The van der Waals surface area contributed by atoms with Crippen molar-refractivity contribution in [2.45, 2.75) is 12.3 Å². The SMILES string of the molecule is C1=CC(c2cccc3ccccc23)CC=C1c1ccc2ccc3c(-c4ccc(-c5cccc(-c6ccc(-c7ccc8ccc9c(-c%10ccccc%10)ccc%10ccc7c8c%109)cc6)c5)cc4)ccc4ccc1c2c43. The predicted octanol–water partition coefficient (Wildman–Crippen LogP) is 20.1. The van der Waals surface area contributed by atoms with E-state index in [4.69, 9.17) is 0 Å². The highest BCUT2D eigenvalue weighted by atomic mass is 14.2. The summed E-state index contributed by atoms with van der Waals surface area (Å²) in [6.45, 7) is 0. The fraction of sp³-hybridized carbons (Fsp3) is 0.0278. The van der Waals surface area contributed by atoms with Gasteiger partial charge in [0.15, 0.2) is 0 Å². The Kier molecular flexibility index (Phi) is 9.19. The van der Waals surface area contributed by atoms with E-state index < -0.39 is 0 Å². The molecule has 0 N–H and O–H groups in total. The molecule has 0 heteroatoms. The summed E-state index contributed by atoms with van der Waals surface area (Å²) in [5, 5.41) is 18.4. The lowest BCUT2D eigenvalue weighted by atomic mass is 9.83. The summed E-state index contributed by atoms with van der Waals surface area (Å²) in [7, 11) is 0. The smallest absolute Gasteiger partial charge is 0.00622 e. The highest BCUT2D eigenvalue weighted by Crippen LogP contribution is 2.45. The number of benzene rings is 14. The minimum absolute atomic E-state index is 0.365. The summed E-state index contributed by atoms with van der Waals surface area (Å²) in [6.07, 6.45) is 8.22. The van der Waals surface area contributed by atoms with Gasteiger partial charge in [-0.25, -0.2) is 0 Å².